The third-order valence-corrected chi connectivity index (χ3v) is 6.42. The summed E-state index contributed by atoms with van der Waals surface area (Å²) < 4.78 is 5.85. The Bertz CT molecular complexity index is 1250. The number of carbonyl (C=O) groups is 2. The molecule has 0 atom stereocenters. The second kappa shape index (κ2) is 12.9. The van der Waals surface area contributed by atoms with Gasteiger partial charge in [-0.25, -0.2) is 0 Å². The van der Waals surface area contributed by atoms with E-state index in [9.17, 15) is 9.59 Å². The van der Waals surface area contributed by atoms with Crippen LogP contribution in [0.2, 0.25) is 0 Å². The molecule has 0 radical (unpaired) electrons. The molecule has 0 saturated heterocycles. The summed E-state index contributed by atoms with van der Waals surface area (Å²) in [4.78, 5) is 27.7. The van der Waals surface area contributed by atoms with Crippen molar-refractivity contribution < 1.29 is 19.4 Å². The highest BCUT2D eigenvalue weighted by molar-refractivity contribution is 6.05. The zero-order valence-corrected chi connectivity index (χ0v) is 21.9. The van der Waals surface area contributed by atoms with Crippen molar-refractivity contribution in [2.45, 2.75) is 25.2 Å². The smallest absolute Gasteiger partial charge is 0.267 e. The fourth-order valence-electron chi connectivity index (χ4n) is 4.02. The number of rotatable bonds is 12. The van der Waals surface area contributed by atoms with Crippen LogP contribution < -0.4 is 20.3 Å². The largest absolute Gasteiger partial charge is 0.493 e. The fourth-order valence-corrected chi connectivity index (χ4v) is 4.02. The summed E-state index contributed by atoms with van der Waals surface area (Å²) in [6, 6.07) is 23.2. The van der Waals surface area contributed by atoms with E-state index in [1.807, 2.05) is 26.2 Å². The lowest BCUT2D eigenvalue weighted by Crippen LogP contribution is -2.36. The van der Waals surface area contributed by atoms with Gasteiger partial charge >= 0.3 is 0 Å². The van der Waals surface area contributed by atoms with Gasteiger partial charge < -0.3 is 25.4 Å². The van der Waals surface area contributed by atoms with Crippen LogP contribution in [0.3, 0.4) is 0 Å². The Morgan fingerprint density at radius 3 is 2.26 bits per heavy atom. The van der Waals surface area contributed by atoms with Crippen molar-refractivity contribution in [1.82, 2.24) is 10.6 Å². The lowest BCUT2D eigenvalue weighted by atomic mass is 10.1. The standard InChI is InChI=1S/C31H35N3O4/c1-34(2)27-13-5-22(6-14-27)17-20-38-28-15-11-26(12-16-28)30(36)33-29(31(37)32-18-19-35)21-23-3-7-24(8-4-23)25-9-10-25/h3-8,11-16,21,25,35H,9-10,17-20H2,1-2H3,(H,32,37)(H,33,36). The molecule has 38 heavy (non-hydrogen) atoms. The predicted molar refractivity (Wildman–Crippen MR) is 150 cm³/mol. The third kappa shape index (κ3) is 7.70. The average molecular weight is 514 g/mol. The first-order chi connectivity index (χ1) is 18.4. The highest BCUT2D eigenvalue weighted by Gasteiger charge is 2.23. The molecule has 0 spiro atoms. The number of hydrogen-bond acceptors (Lipinski definition) is 5. The minimum Gasteiger partial charge on any atom is -0.493 e. The van der Waals surface area contributed by atoms with Gasteiger partial charge in [0.15, 0.2) is 0 Å². The number of hydrogen-bond donors (Lipinski definition) is 3. The second-order valence-corrected chi connectivity index (χ2v) is 9.62. The van der Waals surface area contributed by atoms with Gasteiger partial charge in [-0.1, -0.05) is 36.4 Å². The SMILES string of the molecule is CN(C)c1ccc(CCOc2ccc(C(=O)NC(=Cc3ccc(C4CC4)cc3)C(=O)NCCO)cc2)cc1. The maximum atomic E-state index is 12.9. The van der Waals surface area contributed by atoms with Crippen LogP contribution in [0.5, 0.6) is 5.75 Å². The number of aliphatic hydroxyl groups is 1. The Morgan fingerprint density at radius 2 is 1.66 bits per heavy atom. The van der Waals surface area contributed by atoms with Crippen molar-refractivity contribution in [2.24, 2.45) is 0 Å². The number of aliphatic hydroxyl groups excluding tert-OH is 1. The van der Waals surface area contributed by atoms with Gasteiger partial charge in [-0.3, -0.25) is 9.59 Å². The third-order valence-electron chi connectivity index (χ3n) is 6.42. The Balaban J connectivity index is 1.35. The molecule has 1 aliphatic rings. The van der Waals surface area contributed by atoms with E-state index in [0.29, 0.717) is 23.8 Å². The van der Waals surface area contributed by atoms with Gasteiger partial charge in [0.1, 0.15) is 11.4 Å². The topological polar surface area (TPSA) is 90.9 Å². The summed E-state index contributed by atoms with van der Waals surface area (Å²) in [7, 11) is 4.02. The zero-order chi connectivity index (χ0) is 26.9. The van der Waals surface area contributed by atoms with Crippen molar-refractivity contribution in [1.29, 1.82) is 0 Å². The molecule has 0 heterocycles. The van der Waals surface area contributed by atoms with E-state index in [0.717, 1.165) is 17.7 Å². The van der Waals surface area contributed by atoms with E-state index in [1.54, 1.807) is 30.3 Å². The van der Waals surface area contributed by atoms with Gasteiger partial charge in [0, 0.05) is 38.3 Å². The van der Waals surface area contributed by atoms with Crippen LogP contribution in [-0.2, 0) is 11.2 Å². The molecule has 198 valence electrons. The molecular weight excluding hydrogens is 478 g/mol. The molecule has 3 N–H and O–H groups in total. The highest BCUT2D eigenvalue weighted by Crippen LogP contribution is 2.39. The van der Waals surface area contributed by atoms with Gasteiger partial charge in [-0.05, 0) is 77.9 Å². The summed E-state index contributed by atoms with van der Waals surface area (Å²) in [5.41, 5.74) is 4.96. The van der Waals surface area contributed by atoms with E-state index in [4.69, 9.17) is 9.84 Å². The molecule has 0 aromatic heterocycles. The van der Waals surface area contributed by atoms with E-state index < -0.39 is 11.8 Å². The quantitative estimate of drug-likeness (QED) is 0.317. The first kappa shape index (κ1) is 26.9. The maximum absolute atomic E-state index is 12.9. The van der Waals surface area contributed by atoms with E-state index in [-0.39, 0.29) is 18.8 Å². The summed E-state index contributed by atoms with van der Waals surface area (Å²) in [6.45, 7) is 0.425. The van der Waals surface area contributed by atoms with Gasteiger partial charge in [-0.15, -0.1) is 0 Å². The van der Waals surface area contributed by atoms with Crippen LogP contribution >= 0.6 is 0 Å². The number of carbonyl (C=O) groups excluding carboxylic acids is 2. The molecule has 2 amide bonds. The molecule has 1 fully saturated rings. The first-order valence-corrected chi connectivity index (χ1v) is 12.9. The van der Waals surface area contributed by atoms with Crippen LogP contribution in [0.25, 0.3) is 6.08 Å². The van der Waals surface area contributed by atoms with E-state index >= 15 is 0 Å². The van der Waals surface area contributed by atoms with E-state index in [2.05, 4.69) is 51.9 Å². The monoisotopic (exact) mass is 513 g/mol. The van der Waals surface area contributed by atoms with Crippen molar-refractivity contribution in [3.8, 4) is 5.75 Å². The molecule has 0 unspecified atom stereocenters. The number of anilines is 1. The minimum absolute atomic E-state index is 0.0957. The van der Waals surface area contributed by atoms with Crippen LogP contribution in [0.1, 0.15) is 45.8 Å². The van der Waals surface area contributed by atoms with Crippen LogP contribution in [0.4, 0.5) is 5.69 Å². The lowest BCUT2D eigenvalue weighted by molar-refractivity contribution is -0.117. The molecule has 0 bridgehead atoms. The van der Waals surface area contributed by atoms with Crippen molar-refractivity contribution in [3.63, 3.8) is 0 Å². The predicted octanol–water partition coefficient (Wildman–Crippen LogP) is 4.13. The Morgan fingerprint density at radius 1 is 0.974 bits per heavy atom. The van der Waals surface area contributed by atoms with Gasteiger partial charge in [0.2, 0.25) is 0 Å². The average Bonchev–Trinajstić information content (AvgIpc) is 3.78. The van der Waals surface area contributed by atoms with Crippen molar-refractivity contribution in [3.05, 3.63) is 101 Å². The summed E-state index contributed by atoms with van der Waals surface area (Å²) >= 11 is 0. The minimum atomic E-state index is -0.461. The Labute approximate surface area is 224 Å². The van der Waals surface area contributed by atoms with E-state index in [1.165, 1.54) is 24.0 Å². The van der Waals surface area contributed by atoms with Gasteiger partial charge in [0.05, 0.1) is 13.2 Å². The molecule has 1 saturated carbocycles. The number of ether oxygens (including phenoxy) is 1. The number of nitrogens with zero attached hydrogens (tertiary/aromatic N) is 1. The lowest BCUT2D eigenvalue weighted by Gasteiger charge is -2.13. The zero-order valence-electron chi connectivity index (χ0n) is 21.9. The Hall–Kier alpha value is -4.10. The highest BCUT2D eigenvalue weighted by atomic mass is 16.5. The molecule has 1 aliphatic carbocycles. The van der Waals surface area contributed by atoms with Crippen LogP contribution in [0.15, 0.2) is 78.5 Å². The van der Waals surface area contributed by atoms with Crippen LogP contribution in [-0.4, -0.2) is 50.8 Å². The number of amides is 2. The summed E-state index contributed by atoms with van der Waals surface area (Å²) in [6.07, 6.45) is 4.85. The summed E-state index contributed by atoms with van der Waals surface area (Å²) in [5, 5.41) is 14.4. The van der Waals surface area contributed by atoms with Crippen molar-refractivity contribution >= 4 is 23.6 Å². The molecule has 7 heteroatoms. The molecule has 4 rings (SSSR count). The molecule has 7 nitrogen and oxygen atoms in total. The Kier molecular flexibility index (Phi) is 9.16. The van der Waals surface area contributed by atoms with Crippen LogP contribution in [0, 0.1) is 0 Å². The second-order valence-electron chi connectivity index (χ2n) is 9.62. The summed E-state index contributed by atoms with van der Waals surface area (Å²) in [5.74, 6) is 0.440. The van der Waals surface area contributed by atoms with Gasteiger partial charge in [-0.2, -0.15) is 0 Å². The normalized spacial score (nSPS) is 13.1. The van der Waals surface area contributed by atoms with Crippen molar-refractivity contribution in [2.75, 3.05) is 38.8 Å². The fraction of sp³-hybridized carbons (Fsp3) is 0.290. The molecule has 3 aromatic rings. The molecule has 3 aromatic carbocycles. The molecule has 0 aliphatic heterocycles. The number of nitrogens with one attached hydrogen (secondary N) is 2. The first-order valence-electron chi connectivity index (χ1n) is 12.9. The molecular formula is C31H35N3O4. The van der Waals surface area contributed by atoms with Gasteiger partial charge in [0.25, 0.3) is 11.8 Å². The number of benzene rings is 3. The maximum Gasteiger partial charge on any atom is 0.267 e.